The fraction of sp³-hybridized carbons (Fsp3) is 0.512. The number of nitrogens with zero attached hydrogens (tertiary/aromatic N) is 2. The molecule has 4 bridgehead atoms. The van der Waals surface area contributed by atoms with E-state index in [2.05, 4.69) is 21.9 Å². The number of carbonyl (C=O) groups is 4. The van der Waals surface area contributed by atoms with E-state index in [1.165, 1.54) is 11.0 Å². The minimum absolute atomic E-state index is 0.00447. The second kappa shape index (κ2) is 16.2. The van der Waals surface area contributed by atoms with Gasteiger partial charge in [-0.15, -0.1) is 6.58 Å². The zero-order chi connectivity index (χ0) is 40.6. The van der Waals surface area contributed by atoms with E-state index in [4.69, 9.17) is 19.2 Å². The van der Waals surface area contributed by atoms with Crippen molar-refractivity contribution in [3.63, 3.8) is 0 Å². The topological polar surface area (TPSA) is 182 Å². The molecule has 15 heteroatoms. The molecule has 3 saturated carbocycles. The molecule has 5 aliphatic rings. The van der Waals surface area contributed by atoms with Crippen LogP contribution in [0, 0.1) is 11.8 Å². The summed E-state index contributed by atoms with van der Waals surface area (Å²) in [6.45, 7) is 4.00. The van der Waals surface area contributed by atoms with Crippen molar-refractivity contribution in [1.82, 2.24) is 25.2 Å². The van der Waals surface area contributed by atoms with E-state index in [0.717, 1.165) is 55.0 Å². The van der Waals surface area contributed by atoms with Crippen LogP contribution in [0.15, 0.2) is 61.2 Å². The molecule has 3 heterocycles. The summed E-state index contributed by atoms with van der Waals surface area (Å²) < 4.78 is 46.1. The molecule has 308 valence electrons. The minimum Gasteiger partial charge on any atom is -0.496 e. The van der Waals surface area contributed by atoms with Crippen molar-refractivity contribution in [2.24, 2.45) is 11.8 Å². The third kappa shape index (κ3) is 8.10. The van der Waals surface area contributed by atoms with Gasteiger partial charge in [0, 0.05) is 35.4 Å². The van der Waals surface area contributed by atoms with Crippen LogP contribution >= 0.6 is 0 Å². The van der Waals surface area contributed by atoms with Crippen LogP contribution in [0.5, 0.6) is 11.5 Å². The number of amides is 4. The summed E-state index contributed by atoms with van der Waals surface area (Å²) in [5, 5.41) is 5.83. The van der Waals surface area contributed by atoms with Gasteiger partial charge in [-0.05, 0) is 75.3 Å². The van der Waals surface area contributed by atoms with Gasteiger partial charge >= 0.3 is 6.09 Å². The van der Waals surface area contributed by atoms with Gasteiger partial charge in [0.25, 0.3) is 5.91 Å². The molecule has 3 aromatic rings. The average Bonchev–Trinajstić information content (AvgIpc) is 4.09. The highest BCUT2D eigenvalue weighted by Gasteiger charge is 2.62. The van der Waals surface area contributed by atoms with Crippen molar-refractivity contribution in [3.8, 4) is 22.8 Å². The molecule has 2 aromatic carbocycles. The maximum atomic E-state index is 14.8. The van der Waals surface area contributed by atoms with Crippen molar-refractivity contribution in [2.45, 2.75) is 106 Å². The van der Waals surface area contributed by atoms with Crippen molar-refractivity contribution in [2.75, 3.05) is 20.3 Å². The van der Waals surface area contributed by atoms with Crippen LogP contribution in [-0.2, 0) is 35.6 Å². The van der Waals surface area contributed by atoms with Gasteiger partial charge in [-0.25, -0.2) is 18.2 Å². The second-order valence-electron chi connectivity index (χ2n) is 16.3. The molecule has 0 unspecified atom stereocenters. The van der Waals surface area contributed by atoms with Crippen LogP contribution < -0.4 is 24.8 Å². The lowest BCUT2D eigenvalue weighted by Gasteiger charge is -2.32. The first-order valence-corrected chi connectivity index (χ1v) is 22.0. The van der Waals surface area contributed by atoms with Crippen LogP contribution in [0.3, 0.4) is 0 Å². The maximum absolute atomic E-state index is 14.8. The van der Waals surface area contributed by atoms with Gasteiger partial charge in [0.15, 0.2) is 0 Å². The standard InChI is InChI=1S/C43H51N5O9S/c1-3-29-24-43(29,41(51)47-58(53,54)31-17-18-31)46-39(49)35-21-30-25-48(35)40(50)38(27-14-9-10-15-27)45-42(52)56-19-11-5-8-16-28-20-32-34(23-36(28)55-2)44-33(22-37(32)57-30)26-12-6-4-7-13-26/h3-4,6-7,12-13,20,22-23,27,29-31,35,38H,1,5,8-11,14-19,21,24-25H2,2H3,(H,45,52)(H,46,49)(H,47,51)/t29-,30-,35+,38+,43-/m1/s1. The van der Waals surface area contributed by atoms with Gasteiger partial charge in [-0.1, -0.05) is 49.2 Å². The molecule has 1 aromatic heterocycles. The number of ether oxygens (including phenoxy) is 3. The number of alkyl carbamates (subject to hydrolysis) is 1. The first-order chi connectivity index (χ1) is 28.0. The zero-order valence-corrected chi connectivity index (χ0v) is 33.6. The largest absolute Gasteiger partial charge is 0.496 e. The summed E-state index contributed by atoms with van der Waals surface area (Å²) in [5.74, 6) is -1.37. The number of cyclic esters (lactones) is 1. The van der Waals surface area contributed by atoms with Crippen molar-refractivity contribution in [1.29, 1.82) is 0 Å². The lowest BCUT2D eigenvalue weighted by molar-refractivity contribution is -0.142. The first kappa shape index (κ1) is 39.6. The summed E-state index contributed by atoms with van der Waals surface area (Å²) in [7, 11) is -2.28. The van der Waals surface area contributed by atoms with Crippen LogP contribution in [-0.4, -0.2) is 91.4 Å². The zero-order valence-electron chi connectivity index (χ0n) is 32.7. The minimum atomic E-state index is -3.90. The Morgan fingerprint density at radius 2 is 1.81 bits per heavy atom. The van der Waals surface area contributed by atoms with Gasteiger partial charge in [0.2, 0.25) is 21.8 Å². The molecule has 0 spiro atoms. The third-order valence-electron chi connectivity index (χ3n) is 12.4. The predicted octanol–water partition coefficient (Wildman–Crippen LogP) is 4.94. The van der Waals surface area contributed by atoms with Crippen molar-refractivity contribution in [3.05, 3.63) is 66.7 Å². The second-order valence-corrected chi connectivity index (χ2v) is 18.3. The van der Waals surface area contributed by atoms with E-state index in [1.807, 2.05) is 48.5 Å². The Kier molecular flexibility index (Phi) is 11.1. The molecular formula is C43H51N5O9S. The molecule has 1 saturated heterocycles. The molecule has 5 atom stereocenters. The molecule has 58 heavy (non-hydrogen) atoms. The predicted molar refractivity (Wildman–Crippen MR) is 215 cm³/mol. The molecule has 3 N–H and O–H groups in total. The fourth-order valence-electron chi connectivity index (χ4n) is 8.86. The SMILES string of the molecule is C=C[C@@H]1C[C@]1(NC(=O)[C@@H]1C[C@@H]2CN1C(=O)[C@H](C1CCCC1)NC(=O)OCCCCCc1cc3c(cc(-c4ccccc4)nc3cc1OC)O2)C(=O)NS(=O)(=O)C1CC1. The number of aryl methyl sites for hydroxylation is 1. The Labute approximate surface area is 338 Å². The summed E-state index contributed by atoms with van der Waals surface area (Å²) in [4.78, 5) is 62.7. The Morgan fingerprint density at radius 1 is 1.03 bits per heavy atom. The lowest BCUT2D eigenvalue weighted by Crippen LogP contribution is -2.59. The van der Waals surface area contributed by atoms with E-state index < -0.39 is 68.7 Å². The fourth-order valence-corrected chi connectivity index (χ4v) is 10.2. The van der Waals surface area contributed by atoms with Crippen LogP contribution in [0.25, 0.3) is 22.2 Å². The number of fused-ring (bicyclic) bond motifs is 3. The third-order valence-corrected chi connectivity index (χ3v) is 14.2. The smallest absolute Gasteiger partial charge is 0.407 e. The molecule has 2 aliphatic heterocycles. The highest BCUT2D eigenvalue weighted by atomic mass is 32.2. The van der Waals surface area contributed by atoms with Gasteiger partial charge in [-0.3, -0.25) is 19.1 Å². The van der Waals surface area contributed by atoms with Crippen LogP contribution in [0.1, 0.15) is 76.2 Å². The average molecular weight is 814 g/mol. The van der Waals surface area contributed by atoms with E-state index in [0.29, 0.717) is 48.4 Å². The number of pyridine rings is 1. The van der Waals surface area contributed by atoms with E-state index in [-0.39, 0.29) is 31.9 Å². The number of rotatable bonds is 9. The van der Waals surface area contributed by atoms with Gasteiger partial charge in [0.1, 0.15) is 35.2 Å². The number of aromatic nitrogens is 1. The number of hydrogen-bond acceptors (Lipinski definition) is 10. The molecule has 0 radical (unpaired) electrons. The summed E-state index contributed by atoms with van der Waals surface area (Å²) in [5.41, 5.74) is 1.61. The van der Waals surface area contributed by atoms with Crippen LogP contribution in [0.4, 0.5) is 4.79 Å². The molecule has 14 nitrogen and oxygen atoms in total. The van der Waals surface area contributed by atoms with Crippen molar-refractivity contribution >= 4 is 44.7 Å². The van der Waals surface area contributed by atoms with Gasteiger partial charge < -0.3 is 29.7 Å². The Balaban J connectivity index is 1.17. The molecule has 3 aliphatic carbocycles. The maximum Gasteiger partial charge on any atom is 0.407 e. The Morgan fingerprint density at radius 3 is 2.52 bits per heavy atom. The van der Waals surface area contributed by atoms with E-state index in [9.17, 15) is 27.6 Å². The normalized spacial score (nSPS) is 26.8. The number of methoxy groups -OCH3 is 1. The highest BCUT2D eigenvalue weighted by molar-refractivity contribution is 7.91. The van der Waals surface area contributed by atoms with Crippen molar-refractivity contribution < 1.29 is 41.8 Å². The Bertz CT molecular complexity index is 2210. The number of sulfonamides is 1. The monoisotopic (exact) mass is 813 g/mol. The van der Waals surface area contributed by atoms with Crippen LogP contribution in [0.2, 0.25) is 0 Å². The number of benzene rings is 2. The van der Waals surface area contributed by atoms with E-state index >= 15 is 0 Å². The molecule has 4 fully saturated rings. The Hall–Kier alpha value is -5.18. The summed E-state index contributed by atoms with van der Waals surface area (Å²) >= 11 is 0. The summed E-state index contributed by atoms with van der Waals surface area (Å²) in [6, 6.07) is 13.4. The molecule has 4 amide bonds. The number of carbonyl (C=O) groups excluding carboxylic acids is 4. The first-order valence-electron chi connectivity index (χ1n) is 20.5. The quantitative estimate of drug-likeness (QED) is 0.251. The van der Waals surface area contributed by atoms with Gasteiger partial charge in [-0.2, -0.15) is 0 Å². The molecular weight excluding hydrogens is 763 g/mol. The number of nitrogens with one attached hydrogen (secondary N) is 3. The lowest BCUT2D eigenvalue weighted by atomic mass is 9.96. The van der Waals surface area contributed by atoms with E-state index in [1.54, 1.807) is 7.11 Å². The number of hydrogen-bond donors (Lipinski definition) is 3. The summed E-state index contributed by atoms with van der Waals surface area (Å²) in [6.07, 6.45) is 7.46. The van der Waals surface area contributed by atoms with Gasteiger partial charge in [0.05, 0.1) is 36.7 Å². The molecule has 8 rings (SSSR count). The highest BCUT2D eigenvalue weighted by Crippen LogP contribution is 2.46.